The summed E-state index contributed by atoms with van der Waals surface area (Å²) in [6.45, 7) is 7.11. The standard InChI is InChI=1S/2C9H7.C6H5.C5H9.2ClH.Zr/c2*1-2-5-9-7-3-6-8(9)4-1;1-2-4-6-5-3-1;1-3-5-4-2;;;/h2*1-7H;1-5H;1,3H,4-5H2,2H3;2*1H;/q4*-1;;;+2/p-2. The maximum absolute atomic E-state index is 5.01. The molecule has 3 heteroatoms. The molecule has 0 unspecified atom stereocenters. The van der Waals surface area contributed by atoms with E-state index in [-0.39, 0.29) is 51.0 Å². The smallest absolute Gasteiger partial charge is 1.00 e. The summed E-state index contributed by atoms with van der Waals surface area (Å²) >= 11 is 0. The molecule has 0 aliphatic carbocycles. The molecule has 0 aromatic heterocycles. The Kier molecular flexibility index (Phi) is 21.1. The summed E-state index contributed by atoms with van der Waals surface area (Å²) in [5, 5.41) is 5.32. The van der Waals surface area contributed by atoms with Crippen molar-refractivity contribution < 1.29 is 51.0 Å². The molecule has 166 valence electrons. The molecule has 32 heavy (non-hydrogen) atoms. The van der Waals surface area contributed by atoms with E-state index < -0.39 is 0 Å². The quantitative estimate of drug-likeness (QED) is 0.303. The number of hydrogen-bond donors (Lipinski definition) is 0. The van der Waals surface area contributed by atoms with Crippen LogP contribution in [0.4, 0.5) is 0 Å². The molecule has 0 aliphatic heterocycles. The second-order valence-corrected chi connectivity index (χ2v) is 6.41. The van der Waals surface area contributed by atoms with Crippen LogP contribution >= 0.6 is 0 Å². The molecule has 5 aromatic carbocycles. The van der Waals surface area contributed by atoms with Gasteiger partial charge in [0, 0.05) is 0 Å². The Morgan fingerprint density at radius 1 is 0.719 bits per heavy atom. The molecule has 0 heterocycles. The molecule has 0 bridgehead atoms. The van der Waals surface area contributed by atoms with Crippen LogP contribution in [0, 0.1) is 12.6 Å². The molecule has 5 aromatic rings. The molecular weight excluding hydrogens is 510 g/mol. The number of benzene rings is 3. The van der Waals surface area contributed by atoms with E-state index >= 15 is 0 Å². The zero-order valence-electron chi connectivity index (χ0n) is 18.3. The van der Waals surface area contributed by atoms with Crippen molar-refractivity contribution in [1.82, 2.24) is 0 Å². The van der Waals surface area contributed by atoms with Crippen LogP contribution in [-0.2, 0) is 26.2 Å². The maximum atomic E-state index is 5.01. The van der Waals surface area contributed by atoms with Gasteiger partial charge in [-0.3, -0.25) is 6.08 Å². The molecule has 0 saturated carbocycles. The normalized spacial score (nSPS) is 8.41. The van der Waals surface area contributed by atoms with Crippen LogP contribution in [0.2, 0.25) is 0 Å². The molecule has 0 aliphatic rings. The zero-order chi connectivity index (χ0) is 20.6. The van der Waals surface area contributed by atoms with Crippen LogP contribution in [-0.4, -0.2) is 0 Å². The van der Waals surface area contributed by atoms with Crippen LogP contribution in [0.5, 0.6) is 0 Å². The Morgan fingerprint density at radius 2 is 1.19 bits per heavy atom. The third kappa shape index (κ3) is 12.8. The van der Waals surface area contributed by atoms with Gasteiger partial charge < -0.3 is 31.4 Å². The van der Waals surface area contributed by atoms with E-state index in [1.165, 1.54) is 21.5 Å². The molecule has 0 fully saturated rings. The third-order valence-corrected chi connectivity index (χ3v) is 4.16. The number of allylic oxidation sites excluding steroid dienone is 1. The fraction of sp³-hybridized carbons (Fsp3) is 0.103. The molecule has 0 atom stereocenters. The van der Waals surface area contributed by atoms with Gasteiger partial charge in [-0.2, -0.15) is 71.4 Å². The SMILES string of the molecule is [CH-]=CCCC.[Cl-].[Cl-].[Zr+2].[c-]1ccccc1.c1ccc2[cH-]ccc2c1.c1ccc2[cH-]ccc2c1. The fourth-order valence-electron chi connectivity index (χ4n) is 2.65. The van der Waals surface area contributed by atoms with Gasteiger partial charge in [-0.1, -0.05) is 31.9 Å². The van der Waals surface area contributed by atoms with Crippen LogP contribution in [0.15, 0.2) is 121 Å². The Morgan fingerprint density at radius 3 is 1.47 bits per heavy atom. The summed E-state index contributed by atoms with van der Waals surface area (Å²) in [5.41, 5.74) is 0. The average Bonchev–Trinajstić information content (AvgIpc) is 3.46. The molecule has 0 amide bonds. The Labute approximate surface area is 225 Å². The fourth-order valence-corrected chi connectivity index (χ4v) is 2.65. The van der Waals surface area contributed by atoms with Gasteiger partial charge in [0.25, 0.3) is 0 Å². The summed E-state index contributed by atoms with van der Waals surface area (Å²) in [4.78, 5) is 0. The van der Waals surface area contributed by atoms with E-state index in [9.17, 15) is 0 Å². The zero-order valence-corrected chi connectivity index (χ0v) is 22.3. The minimum Gasteiger partial charge on any atom is -1.00 e. The maximum Gasteiger partial charge on any atom is 2.00 e. The topological polar surface area (TPSA) is 0 Å². The van der Waals surface area contributed by atoms with E-state index in [4.69, 9.17) is 6.58 Å². The van der Waals surface area contributed by atoms with Crippen molar-refractivity contribution in [1.29, 1.82) is 0 Å². The first kappa shape index (κ1) is 32.3. The predicted octanol–water partition coefficient (Wildman–Crippen LogP) is 2.39. The van der Waals surface area contributed by atoms with Gasteiger partial charge in [-0.15, -0.1) is 59.3 Å². The van der Waals surface area contributed by atoms with Gasteiger partial charge in [-0.25, -0.2) is 0 Å². The summed E-state index contributed by atoms with van der Waals surface area (Å²) in [6.07, 6.45) is 3.89. The summed E-state index contributed by atoms with van der Waals surface area (Å²) in [6, 6.07) is 41.8. The van der Waals surface area contributed by atoms with Gasteiger partial charge in [-0.05, 0) is 0 Å². The van der Waals surface area contributed by atoms with E-state index in [0.717, 1.165) is 12.8 Å². The largest absolute Gasteiger partial charge is 2.00 e. The Balaban J connectivity index is 0. The molecule has 0 N–H and O–H groups in total. The number of fused-ring (bicyclic) bond motifs is 2. The van der Waals surface area contributed by atoms with Crippen molar-refractivity contribution >= 4 is 21.5 Å². The van der Waals surface area contributed by atoms with Crippen LogP contribution < -0.4 is 24.8 Å². The summed E-state index contributed by atoms with van der Waals surface area (Å²) in [7, 11) is 0. The van der Waals surface area contributed by atoms with E-state index in [1.54, 1.807) is 6.08 Å². The minimum atomic E-state index is 0. The van der Waals surface area contributed by atoms with Crippen molar-refractivity contribution in [3.05, 3.63) is 134 Å². The van der Waals surface area contributed by atoms with E-state index in [1.807, 2.05) is 30.3 Å². The molecule has 5 rings (SSSR count). The van der Waals surface area contributed by atoms with E-state index in [0.29, 0.717) is 0 Å². The van der Waals surface area contributed by atoms with Crippen molar-refractivity contribution in [3.63, 3.8) is 0 Å². The molecule has 0 nitrogen and oxygen atoms in total. The first-order chi connectivity index (χ1) is 14.3. The van der Waals surface area contributed by atoms with Crippen molar-refractivity contribution in [2.45, 2.75) is 19.8 Å². The Hall–Kier alpha value is -1.92. The summed E-state index contributed by atoms with van der Waals surface area (Å²) < 4.78 is 0. The number of unbranched alkanes of at least 4 members (excludes halogenated alkanes) is 1. The van der Waals surface area contributed by atoms with Gasteiger partial charge in [0.2, 0.25) is 0 Å². The van der Waals surface area contributed by atoms with Gasteiger partial charge in [0.15, 0.2) is 0 Å². The minimum absolute atomic E-state index is 0. The first-order valence-electron chi connectivity index (χ1n) is 10.0. The van der Waals surface area contributed by atoms with E-state index in [2.05, 4.69) is 97.9 Å². The predicted molar refractivity (Wildman–Crippen MR) is 128 cm³/mol. The number of hydrogen-bond acceptors (Lipinski definition) is 0. The molecule has 0 saturated heterocycles. The second kappa shape index (κ2) is 21.0. The van der Waals surface area contributed by atoms with Crippen LogP contribution in [0.25, 0.3) is 21.5 Å². The molecule has 0 spiro atoms. The van der Waals surface area contributed by atoms with Crippen molar-refractivity contribution in [2.75, 3.05) is 0 Å². The second-order valence-electron chi connectivity index (χ2n) is 6.41. The monoisotopic (exact) mass is 536 g/mol. The molecular formula is C29H28Cl2Zr-4. The average molecular weight is 539 g/mol. The van der Waals surface area contributed by atoms with Crippen molar-refractivity contribution in [3.8, 4) is 0 Å². The number of rotatable bonds is 2. The van der Waals surface area contributed by atoms with Gasteiger partial charge in [0.1, 0.15) is 0 Å². The third-order valence-electron chi connectivity index (χ3n) is 4.16. The molecule has 0 radical (unpaired) electrons. The van der Waals surface area contributed by atoms with Crippen molar-refractivity contribution in [2.24, 2.45) is 0 Å². The first-order valence-corrected chi connectivity index (χ1v) is 10.0. The van der Waals surface area contributed by atoms with Crippen LogP contribution in [0.3, 0.4) is 0 Å². The van der Waals surface area contributed by atoms with Gasteiger partial charge in [0.05, 0.1) is 0 Å². The van der Waals surface area contributed by atoms with Gasteiger partial charge >= 0.3 is 26.2 Å². The Bertz CT molecular complexity index is 895. The summed E-state index contributed by atoms with van der Waals surface area (Å²) in [5.74, 6) is 0. The number of halogens is 2. The van der Waals surface area contributed by atoms with Crippen LogP contribution in [0.1, 0.15) is 19.8 Å².